The molecule has 0 radical (unpaired) electrons. The summed E-state index contributed by atoms with van der Waals surface area (Å²) < 4.78 is 0. The highest BCUT2D eigenvalue weighted by Gasteiger charge is 2.01. The lowest BCUT2D eigenvalue weighted by Crippen LogP contribution is -2.03. The molecular formula is C11H15N. The van der Waals surface area contributed by atoms with E-state index < -0.39 is 0 Å². The highest BCUT2D eigenvalue weighted by molar-refractivity contribution is 5.54. The van der Waals surface area contributed by atoms with E-state index in [1.54, 1.807) is 0 Å². The van der Waals surface area contributed by atoms with Gasteiger partial charge in [0.05, 0.1) is 0 Å². The predicted octanol–water partition coefficient (Wildman–Crippen LogP) is 2.35. The third-order valence-electron chi connectivity index (χ3n) is 2.11. The second-order valence-corrected chi connectivity index (χ2v) is 2.75. The van der Waals surface area contributed by atoms with Gasteiger partial charge in [-0.05, 0) is 23.1 Å². The Morgan fingerprint density at radius 1 is 1.50 bits per heavy atom. The lowest BCUT2D eigenvalue weighted by molar-refractivity contribution is 0.999. The second-order valence-electron chi connectivity index (χ2n) is 2.75. The average Bonchev–Trinajstić information content (AvgIpc) is 2.16. The highest BCUT2D eigenvalue weighted by atomic mass is 14.5. The van der Waals surface area contributed by atoms with Crippen LogP contribution in [0.2, 0.25) is 0 Å². The van der Waals surface area contributed by atoms with Gasteiger partial charge < -0.3 is 5.73 Å². The van der Waals surface area contributed by atoms with Crippen LogP contribution in [0.5, 0.6) is 0 Å². The SMILES string of the molecule is C=Cc1cccc(CC)c1CN. The van der Waals surface area contributed by atoms with Crippen LogP contribution in [0.15, 0.2) is 24.8 Å². The van der Waals surface area contributed by atoms with Gasteiger partial charge in [-0.3, -0.25) is 0 Å². The van der Waals surface area contributed by atoms with Gasteiger partial charge in [0.2, 0.25) is 0 Å². The molecule has 1 aromatic carbocycles. The van der Waals surface area contributed by atoms with Gasteiger partial charge in [-0.25, -0.2) is 0 Å². The van der Waals surface area contributed by atoms with E-state index in [1.165, 1.54) is 11.1 Å². The molecule has 0 aliphatic carbocycles. The van der Waals surface area contributed by atoms with Crippen LogP contribution in [-0.2, 0) is 13.0 Å². The van der Waals surface area contributed by atoms with E-state index in [4.69, 9.17) is 5.73 Å². The summed E-state index contributed by atoms with van der Waals surface area (Å²) in [6, 6.07) is 6.22. The van der Waals surface area contributed by atoms with Crippen molar-refractivity contribution in [3.05, 3.63) is 41.5 Å². The van der Waals surface area contributed by atoms with Crippen LogP contribution in [0.25, 0.3) is 6.08 Å². The Kier molecular flexibility index (Phi) is 3.06. The quantitative estimate of drug-likeness (QED) is 0.723. The first-order valence-corrected chi connectivity index (χ1v) is 4.26. The van der Waals surface area contributed by atoms with Crippen LogP contribution in [0.4, 0.5) is 0 Å². The summed E-state index contributed by atoms with van der Waals surface area (Å²) in [5, 5.41) is 0. The number of hydrogen-bond donors (Lipinski definition) is 1. The molecule has 0 aliphatic rings. The molecule has 0 unspecified atom stereocenters. The minimum atomic E-state index is 0.603. The fourth-order valence-electron chi connectivity index (χ4n) is 1.43. The Morgan fingerprint density at radius 3 is 2.75 bits per heavy atom. The first-order valence-electron chi connectivity index (χ1n) is 4.26. The Balaban J connectivity index is 3.21. The van der Waals surface area contributed by atoms with Crippen LogP contribution in [0.3, 0.4) is 0 Å². The zero-order valence-corrected chi connectivity index (χ0v) is 7.51. The van der Waals surface area contributed by atoms with Crippen molar-refractivity contribution in [2.75, 3.05) is 0 Å². The second kappa shape index (κ2) is 4.07. The molecule has 0 aromatic heterocycles. The van der Waals surface area contributed by atoms with Gasteiger partial charge in [-0.1, -0.05) is 37.8 Å². The number of rotatable bonds is 3. The third kappa shape index (κ3) is 1.56. The number of nitrogens with two attached hydrogens (primary N) is 1. The normalized spacial score (nSPS) is 9.83. The minimum Gasteiger partial charge on any atom is -0.326 e. The monoisotopic (exact) mass is 161 g/mol. The van der Waals surface area contributed by atoms with Gasteiger partial charge in [-0.2, -0.15) is 0 Å². The summed E-state index contributed by atoms with van der Waals surface area (Å²) in [5.74, 6) is 0. The molecule has 0 saturated heterocycles. The third-order valence-corrected chi connectivity index (χ3v) is 2.11. The summed E-state index contributed by atoms with van der Waals surface area (Å²) in [7, 11) is 0. The maximum Gasteiger partial charge on any atom is 0.0186 e. The van der Waals surface area contributed by atoms with Crippen LogP contribution >= 0.6 is 0 Å². The van der Waals surface area contributed by atoms with Crippen LogP contribution in [-0.4, -0.2) is 0 Å². The van der Waals surface area contributed by atoms with Crippen LogP contribution in [0.1, 0.15) is 23.6 Å². The van der Waals surface area contributed by atoms with E-state index in [0.29, 0.717) is 6.54 Å². The molecule has 2 N–H and O–H groups in total. The van der Waals surface area contributed by atoms with Crippen molar-refractivity contribution in [3.63, 3.8) is 0 Å². The Hall–Kier alpha value is -1.08. The molecule has 0 saturated carbocycles. The van der Waals surface area contributed by atoms with E-state index >= 15 is 0 Å². The average molecular weight is 161 g/mol. The Labute approximate surface area is 73.9 Å². The molecule has 0 bridgehead atoms. The molecule has 64 valence electrons. The predicted molar refractivity (Wildman–Crippen MR) is 53.8 cm³/mol. The van der Waals surface area contributed by atoms with E-state index in [-0.39, 0.29) is 0 Å². The van der Waals surface area contributed by atoms with Crippen molar-refractivity contribution < 1.29 is 0 Å². The molecule has 1 heteroatoms. The first-order chi connectivity index (χ1) is 5.83. The fraction of sp³-hybridized carbons (Fsp3) is 0.273. The van der Waals surface area contributed by atoms with Crippen LogP contribution in [0, 0.1) is 0 Å². The molecule has 0 atom stereocenters. The summed E-state index contributed by atoms with van der Waals surface area (Å²) >= 11 is 0. The zero-order valence-electron chi connectivity index (χ0n) is 7.51. The molecule has 0 aliphatic heterocycles. The van der Waals surface area contributed by atoms with Crippen molar-refractivity contribution in [1.29, 1.82) is 0 Å². The van der Waals surface area contributed by atoms with E-state index in [1.807, 2.05) is 12.1 Å². The minimum absolute atomic E-state index is 0.603. The van der Waals surface area contributed by atoms with Crippen molar-refractivity contribution in [3.8, 4) is 0 Å². The van der Waals surface area contributed by atoms with Crippen molar-refractivity contribution in [2.45, 2.75) is 19.9 Å². The number of aryl methyl sites for hydroxylation is 1. The van der Waals surface area contributed by atoms with Crippen molar-refractivity contribution in [1.82, 2.24) is 0 Å². The molecule has 0 fully saturated rings. The molecule has 1 aromatic rings. The lowest BCUT2D eigenvalue weighted by atomic mass is 9.99. The van der Waals surface area contributed by atoms with E-state index in [0.717, 1.165) is 12.0 Å². The summed E-state index contributed by atoms with van der Waals surface area (Å²) in [6.07, 6.45) is 2.90. The zero-order chi connectivity index (χ0) is 8.97. The highest BCUT2D eigenvalue weighted by Crippen LogP contribution is 2.15. The first kappa shape index (κ1) is 9.01. The van der Waals surface area contributed by atoms with Gasteiger partial charge >= 0.3 is 0 Å². The molecule has 0 amide bonds. The lowest BCUT2D eigenvalue weighted by Gasteiger charge is -2.08. The van der Waals surface area contributed by atoms with Crippen molar-refractivity contribution >= 4 is 6.08 Å². The van der Waals surface area contributed by atoms with Gasteiger partial charge in [-0.15, -0.1) is 0 Å². The van der Waals surface area contributed by atoms with Gasteiger partial charge in [0, 0.05) is 6.54 Å². The van der Waals surface area contributed by atoms with Gasteiger partial charge in [0.1, 0.15) is 0 Å². The largest absolute Gasteiger partial charge is 0.326 e. The molecule has 0 heterocycles. The topological polar surface area (TPSA) is 26.0 Å². The standard InChI is InChI=1S/C11H15N/c1-3-9-6-5-7-10(4-2)11(9)8-12/h3,5-7H,1,4,8,12H2,2H3. The van der Waals surface area contributed by atoms with E-state index in [2.05, 4.69) is 25.6 Å². The number of hydrogen-bond acceptors (Lipinski definition) is 1. The molecule has 12 heavy (non-hydrogen) atoms. The maximum atomic E-state index is 5.65. The molecule has 1 nitrogen and oxygen atoms in total. The van der Waals surface area contributed by atoms with E-state index in [9.17, 15) is 0 Å². The molecular weight excluding hydrogens is 146 g/mol. The van der Waals surface area contributed by atoms with Crippen molar-refractivity contribution in [2.24, 2.45) is 5.73 Å². The Bertz CT molecular complexity index is 276. The van der Waals surface area contributed by atoms with Crippen LogP contribution < -0.4 is 5.73 Å². The summed E-state index contributed by atoms with van der Waals surface area (Å²) in [6.45, 7) is 6.50. The van der Waals surface area contributed by atoms with Gasteiger partial charge in [0.25, 0.3) is 0 Å². The Morgan fingerprint density at radius 2 is 2.25 bits per heavy atom. The maximum absolute atomic E-state index is 5.65. The summed E-state index contributed by atoms with van der Waals surface area (Å²) in [5.41, 5.74) is 9.38. The molecule has 0 spiro atoms. The van der Waals surface area contributed by atoms with Gasteiger partial charge in [0.15, 0.2) is 0 Å². The smallest absolute Gasteiger partial charge is 0.0186 e. The number of benzene rings is 1. The molecule has 1 rings (SSSR count). The summed E-state index contributed by atoms with van der Waals surface area (Å²) in [4.78, 5) is 0. The fourth-order valence-corrected chi connectivity index (χ4v) is 1.43.